The lowest BCUT2D eigenvalue weighted by molar-refractivity contribution is 0.306. The van der Waals surface area contributed by atoms with Gasteiger partial charge in [0.2, 0.25) is 0 Å². The maximum Gasteiger partial charge on any atom is 0.193 e. The quantitative estimate of drug-likeness (QED) is 0.398. The predicted octanol–water partition coefficient (Wildman–Crippen LogP) is 4.13. The van der Waals surface area contributed by atoms with Gasteiger partial charge in [-0.05, 0) is 69.1 Å². The summed E-state index contributed by atoms with van der Waals surface area (Å²) in [7, 11) is 4.15. The fourth-order valence-electron chi connectivity index (χ4n) is 3.38. The molecule has 4 nitrogen and oxygen atoms in total. The number of aliphatic imine (C=N–C) groups is 1. The van der Waals surface area contributed by atoms with Crippen LogP contribution in [0, 0.1) is 6.92 Å². The summed E-state index contributed by atoms with van der Waals surface area (Å²) in [5.41, 5.74) is 12.6. The number of nitrogens with two attached hydrogens (primary N) is 1. The van der Waals surface area contributed by atoms with Crippen molar-refractivity contribution in [3.8, 4) is 0 Å². The van der Waals surface area contributed by atoms with Crippen LogP contribution in [0.3, 0.4) is 0 Å². The number of hydrogen-bond donors (Lipinski definition) is 2. The monoisotopic (exact) mass is 464 g/mol. The van der Waals surface area contributed by atoms with E-state index < -0.39 is 0 Å². The molecule has 5 heteroatoms. The molecular weight excluding hydrogens is 435 g/mol. The van der Waals surface area contributed by atoms with E-state index in [9.17, 15) is 0 Å². The summed E-state index contributed by atoms with van der Waals surface area (Å²) in [6, 6.07) is 15.3. The van der Waals surface area contributed by atoms with E-state index in [4.69, 9.17) is 5.73 Å². The van der Waals surface area contributed by atoms with Crippen molar-refractivity contribution in [2.45, 2.75) is 32.2 Å². The van der Waals surface area contributed by atoms with Crippen molar-refractivity contribution in [1.29, 1.82) is 0 Å². The Balaban J connectivity index is 0.00000243. The molecule has 0 saturated carbocycles. The van der Waals surface area contributed by atoms with Crippen LogP contribution in [-0.4, -0.2) is 31.5 Å². The first-order valence-electron chi connectivity index (χ1n) is 8.94. The van der Waals surface area contributed by atoms with Crippen molar-refractivity contribution in [3.05, 3.63) is 64.7 Å². The second kappa shape index (κ2) is 9.37. The van der Waals surface area contributed by atoms with Gasteiger partial charge in [-0.3, -0.25) is 4.99 Å². The smallest absolute Gasteiger partial charge is 0.193 e. The van der Waals surface area contributed by atoms with Crippen LogP contribution in [0.1, 0.15) is 34.7 Å². The summed E-state index contributed by atoms with van der Waals surface area (Å²) in [4.78, 5) is 6.75. The van der Waals surface area contributed by atoms with Crippen molar-refractivity contribution in [1.82, 2.24) is 4.90 Å². The Bertz CT molecular complexity index is 753. The summed E-state index contributed by atoms with van der Waals surface area (Å²) in [6.45, 7) is 2.73. The molecule has 0 fully saturated rings. The first-order chi connectivity index (χ1) is 12.0. The van der Waals surface area contributed by atoms with Crippen LogP contribution in [0.25, 0.3) is 0 Å². The Hall–Kier alpha value is -1.60. The van der Waals surface area contributed by atoms with Gasteiger partial charge in [-0.15, -0.1) is 24.0 Å². The highest BCUT2D eigenvalue weighted by Gasteiger charge is 2.14. The van der Waals surface area contributed by atoms with E-state index in [2.05, 4.69) is 78.7 Å². The number of fused-ring (bicyclic) bond motifs is 1. The highest BCUT2D eigenvalue weighted by Crippen LogP contribution is 2.25. The minimum absolute atomic E-state index is 0. The predicted molar refractivity (Wildman–Crippen MR) is 122 cm³/mol. The second-order valence-electron chi connectivity index (χ2n) is 7.08. The maximum atomic E-state index is 6.12. The van der Waals surface area contributed by atoms with Gasteiger partial charge in [0.05, 0.1) is 12.6 Å². The number of hydrogen-bond acceptors (Lipinski definition) is 2. The number of anilines is 1. The third-order valence-corrected chi connectivity index (χ3v) is 4.89. The summed E-state index contributed by atoms with van der Waals surface area (Å²) in [5, 5.41) is 3.24. The van der Waals surface area contributed by atoms with Crippen molar-refractivity contribution in [2.75, 3.05) is 26.0 Å². The lowest BCUT2D eigenvalue weighted by atomic mass is 10.0. The van der Waals surface area contributed by atoms with Gasteiger partial charge in [-0.1, -0.05) is 35.9 Å². The topological polar surface area (TPSA) is 53.6 Å². The molecule has 140 valence electrons. The van der Waals surface area contributed by atoms with Crippen LogP contribution in [0.4, 0.5) is 5.69 Å². The van der Waals surface area contributed by atoms with Crippen LogP contribution < -0.4 is 11.1 Å². The van der Waals surface area contributed by atoms with Gasteiger partial charge < -0.3 is 16.0 Å². The van der Waals surface area contributed by atoms with E-state index in [0.717, 1.165) is 12.1 Å². The standard InChI is InChI=1S/C21H28N4.HI/c1-15-7-9-17(10-8-15)20(25(2)3)14-23-21(22)24-19-12-11-16-5-4-6-18(16)13-19;/h7-13,20H,4-6,14H2,1-3H3,(H3,22,23,24);1H. The number of halogens is 1. The largest absolute Gasteiger partial charge is 0.370 e. The van der Waals surface area contributed by atoms with Gasteiger partial charge in [0.15, 0.2) is 5.96 Å². The van der Waals surface area contributed by atoms with Crippen molar-refractivity contribution >= 4 is 35.6 Å². The molecule has 1 atom stereocenters. The second-order valence-corrected chi connectivity index (χ2v) is 7.08. The third kappa shape index (κ3) is 5.20. The molecule has 3 rings (SSSR count). The minimum Gasteiger partial charge on any atom is -0.370 e. The molecule has 26 heavy (non-hydrogen) atoms. The fraction of sp³-hybridized carbons (Fsp3) is 0.381. The van der Waals surface area contributed by atoms with E-state index in [1.54, 1.807) is 0 Å². The minimum atomic E-state index is 0. The molecule has 0 aromatic heterocycles. The SMILES string of the molecule is Cc1ccc(C(CN=C(N)Nc2ccc3c(c2)CCC3)N(C)C)cc1.I. The van der Waals surface area contributed by atoms with Gasteiger partial charge in [0.25, 0.3) is 0 Å². The maximum absolute atomic E-state index is 6.12. The molecule has 2 aromatic carbocycles. The van der Waals surface area contributed by atoms with Crippen molar-refractivity contribution in [3.63, 3.8) is 0 Å². The zero-order chi connectivity index (χ0) is 17.8. The number of rotatable bonds is 5. The first-order valence-corrected chi connectivity index (χ1v) is 8.94. The van der Waals surface area contributed by atoms with Crippen LogP contribution in [0.5, 0.6) is 0 Å². The molecule has 0 bridgehead atoms. The lowest BCUT2D eigenvalue weighted by Crippen LogP contribution is -2.27. The molecule has 2 aromatic rings. The number of guanidine groups is 1. The Morgan fingerprint density at radius 3 is 2.50 bits per heavy atom. The molecule has 0 aliphatic heterocycles. The number of nitrogens with one attached hydrogen (secondary N) is 1. The Morgan fingerprint density at radius 1 is 1.12 bits per heavy atom. The zero-order valence-electron chi connectivity index (χ0n) is 15.8. The average molecular weight is 464 g/mol. The van der Waals surface area contributed by atoms with Gasteiger partial charge in [0, 0.05) is 5.69 Å². The molecule has 0 spiro atoms. The lowest BCUT2D eigenvalue weighted by Gasteiger charge is -2.23. The molecule has 1 unspecified atom stereocenters. The Morgan fingerprint density at radius 2 is 1.81 bits per heavy atom. The van der Waals surface area contributed by atoms with E-state index in [1.165, 1.54) is 35.1 Å². The molecule has 1 aliphatic carbocycles. The van der Waals surface area contributed by atoms with Crippen molar-refractivity contribution < 1.29 is 0 Å². The molecule has 0 saturated heterocycles. The first kappa shape index (κ1) is 20.7. The Labute approximate surface area is 173 Å². The van der Waals surface area contributed by atoms with E-state index in [1.807, 2.05) is 0 Å². The molecule has 0 heterocycles. The molecule has 0 amide bonds. The van der Waals surface area contributed by atoms with Gasteiger partial charge in [-0.25, -0.2) is 0 Å². The number of aryl methyl sites for hydroxylation is 3. The van der Waals surface area contributed by atoms with E-state index in [0.29, 0.717) is 12.5 Å². The summed E-state index contributed by atoms with van der Waals surface area (Å²) >= 11 is 0. The zero-order valence-corrected chi connectivity index (χ0v) is 18.2. The van der Waals surface area contributed by atoms with Crippen LogP contribution in [0.15, 0.2) is 47.5 Å². The van der Waals surface area contributed by atoms with Crippen LogP contribution in [0.2, 0.25) is 0 Å². The third-order valence-electron chi connectivity index (χ3n) is 4.89. The van der Waals surface area contributed by atoms with E-state index >= 15 is 0 Å². The van der Waals surface area contributed by atoms with Gasteiger partial charge >= 0.3 is 0 Å². The fourth-order valence-corrected chi connectivity index (χ4v) is 3.38. The van der Waals surface area contributed by atoms with Gasteiger partial charge in [0.1, 0.15) is 0 Å². The molecule has 3 N–H and O–H groups in total. The highest BCUT2D eigenvalue weighted by atomic mass is 127. The molecule has 0 radical (unpaired) electrons. The highest BCUT2D eigenvalue weighted by molar-refractivity contribution is 14.0. The molecular formula is C21H29IN4. The van der Waals surface area contributed by atoms with Crippen molar-refractivity contribution in [2.24, 2.45) is 10.7 Å². The number of likely N-dealkylation sites (N-methyl/N-ethyl adjacent to an activating group) is 1. The van der Waals surface area contributed by atoms with Crippen LogP contribution >= 0.6 is 24.0 Å². The van der Waals surface area contributed by atoms with Gasteiger partial charge in [-0.2, -0.15) is 0 Å². The number of benzene rings is 2. The summed E-state index contributed by atoms with van der Waals surface area (Å²) in [5.74, 6) is 0.469. The number of nitrogens with zero attached hydrogens (tertiary/aromatic N) is 2. The molecule has 1 aliphatic rings. The summed E-state index contributed by atoms with van der Waals surface area (Å²) < 4.78 is 0. The normalized spacial score (nSPS) is 14.7. The van der Waals surface area contributed by atoms with E-state index in [-0.39, 0.29) is 30.0 Å². The Kier molecular flexibility index (Phi) is 7.46. The summed E-state index contributed by atoms with van der Waals surface area (Å²) in [6.07, 6.45) is 3.61. The van der Waals surface area contributed by atoms with Crippen LogP contribution in [-0.2, 0) is 12.8 Å². The average Bonchev–Trinajstić information content (AvgIpc) is 3.04.